The number of morpholine rings is 1. The van der Waals surface area contributed by atoms with Gasteiger partial charge in [0.1, 0.15) is 11.1 Å². The Morgan fingerprint density at radius 3 is 2.71 bits per heavy atom. The van der Waals surface area contributed by atoms with Gasteiger partial charge in [-0.05, 0) is 29.5 Å². The van der Waals surface area contributed by atoms with Crippen LogP contribution < -0.4 is 5.32 Å². The number of amides is 1. The zero-order valence-corrected chi connectivity index (χ0v) is 18.0. The van der Waals surface area contributed by atoms with Crippen molar-refractivity contribution in [1.82, 2.24) is 9.29 Å². The van der Waals surface area contributed by atoms with Crippen molar-refractivity contribution < 1.29 is 32.4 Å². The average molecular weight is 491 g/mol. The molecule has 0 bridgehead atoms. The highest BCUT2D eigenvalue weighted by molar-refractivity contribution is 7.89. The Morgan fingerprint density at radius 1 is 1.35 bits per heavy atom. The summed E-state index contributed by atoms with van der Waals surface area (Å²) in [6.07, 6.45) is 0.983. The van der Waals surface area contributed by atoms with Gasteiger partial charge in [0, 0.05) is 13.1 Å². The number of thiazole rings is 1. The Morgan fingerprint density at radius 2 is 2.06 bits per heavy atom. The number of hydrogen-bond acceptors (Lipinski definition) is 10. The van der Waals surface area contributed by atoms with Crippen LogP contribution in [0.3, 0.4) is 0 Å². The number of esters is 1. The second-order valence-corrected chi connectivity index (χ2v) is 9.37. The Hall–Kier alpha value is -2.65. The van der Waals surface area contributed by atoms with Crippen molar-refractivity contribution in [2.45, 2.75) is 4.90 Å². The van der Waals surface area contributed by atoms with Gasteiger partial charge in [-0.3, -0.25) is 20.2 Å². The summed E-state index contributed by atoms with van der Waals surface area (Å²) < 4.78 is 36.9. The molecule has 1 aromatic carbocycles. The zero-order chi connectivity index (χ0) is 22.6. The normalized spacial score (nSPS) is 14.7. The van der Waals surface area contributed by atoms with Crippen LogP contribution in [0.1, 0.15) is 10.4 Å². The minimum atomic E-state index is -3.95. The molecule has 0 radical (unpaired) electrons. The lowest BCUT2D eigenvalue weighted by Crippen LogP contribution is -2.40. The number of anilines is 1. The maximum absolute atomic E-state index is 12.8. The number of nitrogens with one attached hydrogen (secondary N) is 1. The summed E-state index contributed by atoms with van der Waals surface area (Å²) in [5, 5.41) is 12.5. The van der Waals surface area contributed by atoms with Crippen LogP contribution in [-0.2, 0) is 24.3 Å². The fourth-order valence-electron chi connectivity index (χ4n) is 2.53. The van der Waals surface area contributed by atoms with Crippen molar-refractivity contribution >= 4 is 55.0 Å². The lowest BCUT2D eigenvalue weighted by Gasteiger charge is -2.26. The van der Waals surface area contributed by atoms with E-state index in [-0.39, 0.29) is 51.9 Å². The Labute approximate surface area is 184 Å². The van der Waals surface area contributed by atoms with Crippen LogP contribution in [0.5, 0.6) is 0 Å². The number of halogens is 1. The highest BCUT2D eigenvalue weighted by Crippen LogP contribution is 2.27. The van der Waals surface area contributed by atoms with Gasteiger partial charge in [-0.2, -0.15) is 4.31 Å². The number of benzene rings is 1. The zero-order valence-electron chi connectivity index (χ0n) is 15.6. The number of nitrogens with zero attached hydrogens (tertiary/aromatic N) is 3. The van der Waals surface area contributed by atoms with E-state index >= 15 is 0 Å². The smallest absolute Gasteiger partial charge is 0.345 e. The molecule has 1 saturated heterocycles. The van der Waals surface area contributed by atoms with Crippen molar-refractivity contribution in [2.24, 2.45) is 0 Å². The van der Waals surface area contributed by atoms with Gasteiger partial charge in [0.05, 0.1) is 28.7 Å². The minimum Gasteiger partial charge on any atom is -0.452 e. The van der Waals surface area contributed by atoms with Gasteiger partial charge < -0.3 is 9.47 Å². The summed E-state index contributed by atoms with van der Waals surface area (Å²) in [5.41, 5.74) is -0.117. The number of hydrogen-bond donors (Lipinski definition) is 1. The number of carbonyl (C=O) groups excluding carboxylic acids is 2. The summed E-state index contributed by atoms with van der Waals surface area (Å²) in [6, 6.07) is 3.60. The molecule has 12 nitrogen and oxygen atoms in total. The molecule has 3 rings (SSSR count). The first kappa shape index (κ1) is 23.0. The van der Waals surface area contributed by atoms with E-state index in [9.17, 15) is 28.1 Å². The maximum atomic E-state index is 12.8. The highest BCUT2D eigenvalue weighted by Gasteiger charge is 2.29. The lowest BCUT2D eigenvalue weighted by atomic mass is 10.2. The SMILES string of the molecule is O=C(COC(=O)c1ccc(Cl)c(S(=O)(=O)N2CCOCC2)c1)Nc1ncc([N+](=O)[O-])s1. The Kier molecular flexibility index (Phi) is 7.17. The summed E-state index contributed by atoms with van der Waals surface area (Å²) in [4.78, 5) is 37.5. The van der Waals surface area contributed by atoms with Crippen LogP contribution in [0.2, 0.25) is 5.02 Å². The standard InChI is InChI=1S/C16H15ClN4O8S2/c17-11-2-1-10(7-12(11)31(26,27)20-3-5-28-6-4-20)15(23)29-9-13(22)19-16-18-8-14(30-16)21(24)25/h1-2,7-8H,3-6,9H2,(H,18,19,22). The van der Waals surface area contributed by atoms with Crippen molar-refractivity contribution in [1.29, 1.82) is 0 Å². The van der Waals surface area contributed by atoms with Crippen molar-refractivity contribution in [3.8, 4) is 0 Å². The molecule has 0 spiro atoms. The number of sulfonamides is 1. The predicted octanol–water partition coefficient (Wildman–Crippen LogP) is 1.52. The predicted molar refractivity (Wildman–Crippen MR) is 109 cm³/mol. The molecule has 31 heavy (non-hydrogen) atoms. The van der Waals surface area contributed by atoms with Crippen LogP contribution in [0.25, 0.3) is 0 Å². The Bertz CT molecular complexity index is 1110. The topological polar surface area (TPSA) is 158 Å². The minimum absolute atomic E-state index is 0.0295. The first-order valence-electron chi connectivity index (χ1n) is 8.63. The van der Waals surface area contributed by atoms with Gasteiger partial charge in [-0.25, -0.2) is 18.2 Å². The molecule has 166 valence electrons. The molecule has 1 fully saturated rings. The van der Waals surface area contributed by atoms with Gasteiger partial charge in [0.15, 0.2) is 11.7 Å². The van der Waals surface area contributed by atoms with Crippen LogP contribution >= 0.6 is 22.9 Å². The monoisotopic (exact) mass is 490 g/mol. The van der Waals surface area contributed by atoms with E-state index in [1.165, 1.54) is 16.4 Å². The van der Waals surface area contributed by atoms with Crippen LogP contribution in [0.4, 0.5) is 10.1 Å². The molecule has 0 atom stereocenters. The van der Waals surface area contributed by atoms with Crippen molar-refractivity contribution in [2.75, 3.05) is 38.2 Å². The molecular weight excluding hydrogens is 476 g/mol. The first-order valence-corrected chi connectivity index (χ1v) is 11.3. The molecule has 1 aliphatic rings. The van der Waals surface area contributed by atoms with Gasteiger partial charge in [0.25, 0.3) is 5.91 Å². The number of aromatic nitrogens is 1. The van der Waals surface area contributed by atoms with E-state index in [1.807, 2.05) is 0 Å². The van der Waals surface area contributed by atoms with Gasteiger partial charge in [-0.15, -0.1) is 0 Å². The largest absolute Gasteiger partial charge is 0.452 e. The quantitative estimate of drug-likeness (QED) is 0.345. The van der Waals surface area contributed by atoms with E-state index in [4.69, 9.17) is 21.1 Å². The van der Waals surface area contributed by atoms with Crippen molar-refractivity contribution in [3.63, 3.8) is 0 Å². The van der Waals surface area contributed by atoms with E-state index in [1.54, 1.807) is 0 Å². The van der Waals surface area contributed by atoms with Crippen LogP contribution in [-0.4, -0.2) is 67.4 Å². The van der Waals surface area contributed by atoms with E-state index in [2.05, 4.69) is 10.3 Å². The van der Waals surface area contributed by atoms with Gasteiger partial charge in [0.2, 0.25) is 10.0 Å². The van der Waals surface area contributed by atoms with Crippen LogP contribution in [0, 0.1) is 10.1 Å². The average Bonchev–Trinajstić information content (AvgIpc) is 3.21. The lowest BCUT2D eigenvalue weighted by molar-refractivity contribution is -0.380. The molecule has 15 heteroatoms. The molecule has 2 aromatic rings. The molecule has 1 aliphatic heterocycles. The first-order chi connectivity index (χ1) is 14.7. The number of nitro groups is 1. The molecule has 2 heterocycles. The van der Waals surface area contributed by atoms with Crippen LogP contribution in [0.15, 0.2) is 29.3 Å². The second-order valence-electron chi connectivity index (χ2n) is 6.05. The summed E-state index contributed by atoms with van der Waals surface area (Å²) in [7, 11) is -3.95. The summed E-state index contributed by atoms with van der Waals surface area (Å²) >= 11 is 6.68. The maximum Gasteiger partial charge on any atom is 0.345 e. The highest BCUT2D eigenvalue weighted by atomic mass is 35.5. The third kappa shape index (κ3) is 5.54. The number of carbonyl (C=O) groups is 2. The molecule has 1 aromatic heterocycles. The van der Waals surface area contributed by atoms with E-state index in [0.29, 0.717) is 11.3 Å². The third-order valence-corrected chi connectivity index (χ3v) is 7.25. The third-order valence-electron chi connectivity index (χ3n) is 4.01. The number of rotatable bonds is 7. The van der Waals surface area contributed by atoms with E-state index < -0.39 is 33.4 Å². The van der Waals surface area contributed by atoms with Gasteiger partial charge in [-0.1, -0.05) is 11.6 Å². The fraction of sp³-hybridized carbons (Fsp3) is 0.312. The molecule has 1 N–H and O–H groups in total. The summed E-state index contributed by atoms with van der Waals surface area (Å²) in [5.74, 6) is -1.72. The van der Waals surface area contributed by atoms with Gasteiger partial charge >= 0.3 is 11.0 Å². The second kappa shape index (κ2) is 9.65. The molecule has 0 unspecified atom stereocenters. The van der Waals surface area contributed by atoms with Crippen molar-refractivity contribution in [3.05, 3.63) is 45.1 Å². The molecular formula is C16H15ClN4O8S2. The van der Waals surface area contributed by atoms with E-state index in [0.717, 1.165) is 12.3 Å². The summed E-state index contributed by atoms with van der Waals surface area (Å²) in [6.45, 7) is 0.0944. The Balaban J connectivity index is 1.65. The number of ether oxygens (including phenoxy) is 2. The molecule has 1 amide bonds. The fourth-order valence-corrected chi connectivity index (χ4v) is 5.09. The molecule has 0 saturated carbocycles. The molecule has 0 aliphatic carbocycles.